The zero-order valence-corrected chi connectivity index (χ0v) is 18.2. The van der Waals surface area contributed by atoms with Crippen molar-refractivity contribution in [3.8, 4) is 22.8 Å². The summed E-state index contributed by atoms with van der Waals surface area (Å²) in [5.74, 6) is 0.960. The van der Waals surface area contributed by atoms with E-state index in [0.29, 0.717) is 34.5 Å². The van der Waals surface area contributed by atoms with Crippen molar-refractivity contribution in [2.75, 3.05) is 6.54 Å². The topological polar surface area (TPSA) is 101 Å². The summed E-state index contributed by atoms with van der Waals surface area (Å²) in [6, 6.07) is 9.19. The maximum absolute atomic E-state index is 13.4. The van der Waals surface area contributed by atoms with Crippen molar-refractivity contribution >= 4 is 17.5 Å². The van der Waals surface area contributed by atoms with E-state index in [1.54, 1.807) is 36.9 Å². The molecule has 0 spiro atoms. The summed E-state index contributed by atoms with van der Waals surface area (Å²) in [6.45, 7) is 2.60. The zero-order chi connectivity index (χ0) is 22.1. The standard InChI is InChI=1S/C23H21ClN6O2/c1-14-2-3-17(21-28-22(32-29-21)20-11-18(24)12-27-20)13-30(14)23(31)16-6-9-26-19(10-16)15-4-7-25-8-5-15/h4-12,14,17,27H,2-3,13H2,1H3. The molecule has 5 rings (SSSR count). The van der Waals surface area contributed by atoms with E-state index in [0.717, 1.165) is 24.1 Å². The Morgan fingerprint density at radius 3 is 2.81 bits per heavy atom. The predicted octanol–water partition coefficient (Wildman–Crippen LogP) is 4.58. The highest BCUT2D eigenvalue weighted by atomic mass is 35.5. The quantitative estimate of drug-likeness (QED) is 0.490. The summed E-state index contributed by atoms with van der Waals surface area (Å²) in [6.07, 6.45) is 8.50. The largest absolute Gasteiger partial charge is 0.356 e. The third kappa shape index (κ3) is 4.01. The molecule has 2 atom stereocenters. The molecule has 162 valence electrons. The summed E-state index contributed by atoms with van der Waals surface area (Å²) in [5.41, 5.74) is 2.94. The number of amides is 1. The molecule has 0 radical (unpaired) electrons. The van der Waals surface area contributed by atoms with Gasteiger partial charge in [0.15, 0.2) is 5.82 Å². The summed E-state index contributed by atoms with van der Waals surface area (Å²) >= 11 is 5.97. The van der Waals surface area contributed by atoms with Crippen LogP contribution in [0.5, 0.6) is 0 Å². The molecule has 1 aliphatic heterocycles. The normalized spacial score (nSPS) is 18.6. The molecule has 1 amide bonds. The monoisotopic (exact) mass is 448 g/mol. The third-order valence-electron chi connectivity index (χ3n) is 5.81. The number of aromatic nitrogens is 5. The Morgan fingerprint density at radius 2 is 2.03 bits per heavy atom. The minimum Gasteiger partial charge on any atom is -0.356 e. The first-order valence-electron chi connectivity index (χ1n) is 10.4. The Balaban J connectivity index is 1.36. The lowest BCUT2D eigenvalue weighted by atomic mass is 9.92. The Hall–Kier alpha value is -3.52. The lowest BCUT2D eigenvalue weighted by Crippen LogP contribution is -2.45. The number of hydrogen-bond acceptors (Lipinski definition) is 6. The first-order valence-corrected chi connectivity index (χ1v) is 10.8. The van der Waals surface area contributed by atoms with E-state index < -0.39 is 0 Å². The van der Waals surface area contributed by atoms with Crippen LogP contribution in [-0.2, 0) is 0 Å². The van der Waals surface area contributed by atoms with Gasteiger partial charge < -0.3 is 14.4 Å². The number of nitrogens with zero attached hydrogens (tertiary/aromatic N) is 5. The van der Waals surface area contributed by atoms with E-state index >= 15 is 0 Å². The van der Waals surface area contributed by atoms with Gasteiger partial charge in [-0.3, -0.25) is 14.8 Å². The van der Waals surface area contributed by atoms with Crippen LogP contribution in [-0.4, -0.2) is 48.5 Å². The van der Waals surface area contributed by atoms with Crippen molar-refractivity contribution in [2.24, 2.45) is 0 Å². The second-order valence-corrected chi connectivity index (χ2v) is 8.37. The molecular formula is C23H21ClN6O2. The Morgan fingerprint density at radius 1 is 1.19 bits per heavy atom. The van der Waals surface area contributed by atoms with Gasteiger partial charge in [-0.1, -0.05) is 16.8 Å². The van der Waals surface area contributed by atoms with Gasteiger partial charge in [0.2, 0.25) is 0 Å². The van der Waals surface area contributed by atoms with Gasteiger partial charge in [0.1, 0.15) is 5.69 Å². The van der Waals surface area contributed by atoms with Crippen LogP contribution in [0.15, 0.2) is 59.6 Å². The smallest absolute Gasteiger partial charge is 0.274 e. The lowest BCUT2D eigenvalue weighted by Gasteiger charge is -2.37. The minimum absolute atomic E-state index is 0.000380. The number of H-pyrrole nitrogens is 1. The van der Waals surface area contributed by atoms with E-state index in [2.05, 4.69) is 32.0 Å². The van der Waals surface area contributed by atoms with Crippen molar-refractivity contribution in [3.63, 3.8) is 0 Å². The fraction of sp³-hybridized carbons (Fsp3) is 0.261. The number of pyridine rings is 2. The minimum atomic E-state index is -0.0280. The number of hydrogen-bond donors (Lipinski definition) is 1. The SMILES string of the molecule is CC1CCC(c2noc(-c3cc(Cl)c[nH]3)n2)CN1C(=O)c1ccnc(-c2ccncc2)c1. The van der Waals surface area contributed by atoms with Crippen LogP contribution in [0.4, 0.5) is 0 Å². The van der Waals surface area contributed by atoms with Crippen LogP contribution in [0.3, 0.4) is 0 Å². The molecule has 0 bridgehead atoms. The molecule has 1 saturated heterocycles. The molecule has 2 unspecified atom stereocenters. The molecule has 1 N–H and O–H groups in total. The highest BCUT2D eigenvalue weighted by molar-refractivity contribution is 6.30. The first-order chi connectivity index (χ1) is 15.6. The molecule has 4 aromatic rings. The Labute approximate surface area is 189 Å². The van der Waals surface area contributed by atoms with Crippen LogP contribution < -0.4 is 0 Å². The molecule has 0 aromatic carbocycles. The van der Waals surface area contributed by atoms with E-state index in [-0.39, 0.29) is 17.9 Å². The van der Waals surface area contributed by atoms with E-state index in [9.17, 15) is 4.79 Å². The molecular weight excluding hydrogens is 428 g/mol. The van der Waals surface area contributed by atoms with Gasteiger partial charge in [0, 0.05) is 54.4 Å². The van der Waals surface area contributed by atoms with E-state index in [1.165, 1.54) is 0 Å². The van der Waals surface area contributed by atoms with Crippen molar-refractivity contribution in [2.45, 2.75) is 31.7 Å². The molecule has 0 saturated carbocycles. The number of nitrogens with one attached hydrogen (secondary N) is 1. The molecule has 1 aliphatic rings. The highest BCUT2D eigenvalue weighted by Crippen LogP contribution is 2.31. The Bertz CT molecular complexity index is 1240. The van der Waals surface area contributed by atoms with E-state index in [4.69, 9.17) is 16.1 Å². The number of carbonyl (C=O) groups is 1. The molecule has 4 aromatic heterocycles. The van der Waals surface area contributed by atoms with Gasteiger partial charge in [0.05, 0.1) is 10.7 Å². The van der Waals surface area contributed by atoms with Crippen molar-refractivity contribution < 1.29 is 9.32 Å². The number of piperidine rings is 1. The number of carbonyl (C=O) groups excluding carboxylic acids is 1. The summed E-state index contributed by atoms with van der Waals surface area (Å²) < 4.78 is 5.42. The number of rotatable bonds is 4. The maximum atomic E-state index is 13.4. The fourth-order valence-electron chi connectivity index (χ4n) is 4.01. The second kappa shape index (κ2) is 8.55. The van der Waals surface area contributed by atoms with Crippen LogP contribution in [0.25, 0.3) is 22.8 Å². The molecule has 1 fully saturated rings. The second-order valence-electron chi connectivity index (χ2n) is 7.94. The average molecular weight is 449 g/mol. The molecule has 5 heterocycles. The van der Waals surface area contributed by atoms with Crippen molar-refractivity contribution in [3.05, 3.63) is 71.5 Å². The van der Waals surface area contributed by atoms with Crippen LogP contribution in [0.2, 0.25) is 5.02 Å². The van der Waals surface area contributed by atoms with Gasteiger partial charge in [-0.15, -0.1) is 0 Å². The van der Waals surface area contributed by atoms with Crippen LogP contribution in [0.1, 0.15) is 41.9 Å². The van der Waals surface area contributed by atoms with Crippen LogP contribution in [0, 0.1) is 0 Å². The number of aromatic amines is 1. The van der Waals surface area contributed by atoms with E-state index in [1.807, 2.05) is 23.1 Å². The van der Waals surface area contributed by atoms with Gasteiger partial charge in [-0.2, -0.15) is 4.98 Å². The van der Waals surface area contributed by atoms with Gasteiger partial charge in [-0.25, -0.2) is 0 Å². The lowest BCUT2D eigenvalue weighted by molar-refractivity contribution is 0.0604. The summed E-state index contributed by atoms with van der Waals surface area (Å²) in [4.78, 5) is 31.3. The molecule has 32 heavy (non-hydrogen) atoms. The number of likely N-dealkylation sites (tertiary alicyclic amines) is 1. The van der Waals surface area contributed by atoms with Crippen molar-refractivity contribution in [1.29, 1.82) is 0 Å². The summed E-state index contributed by atoms with van der Waals surface area (Å²) in [7, 11) is 0. The van der Waals surface area contributed by atoms with Gasteiger partial charge in [0.25, 0.3) is 11.8 Å². The molecule has 8 nitrogen and oxygen atoms in total. The summed E-state index contributed by atoms with van der Waals surface area (Å²) in [5, 5.41) is 4.74. The molecule has 9 heteroatoms. The number of halogens is 1. The maximum Gasteiger partial charge on any atom is 0.274 e. The zero-order valence-electron chi connectivity index (χ0n) is 17.4. The van der Waals surface area contributed by atoms with Gasteiger partial charge in [-0.05, 0) is 50.1 Å². The fourth-order valence-corrected chi connectivity index (χ4v) is 4.18. The van der Waals surface area contributed by atoms with Gasteiger partial charge >= 0.3 is 0 Å². The molecule has 0 aliphatic carbocycles. The third-order valence-corrected chi connectivity index (χ3v) is 6.03. The van der Waals surface area contributed by atoms with Crippen LogP contribution >= 0.6 is 11.6 Å². The average Bonchev–Trinajstić information content (AvgIpc) is 3.49. The van der Waals surface area contributed by atoms with Crippen molar-refractivity contribution in [1.82, 2.24) is 30.0 Å². The predicted molar refractivity (Wildman–Crippen MR) is 119 cm³/mol. The highest BCUT2D eigenvalue weighted by Gasteiger charge is 2.33. The first kappa shape index (κ1) is 20.4. The Kier molecular flexibility index (Phi) is 5.45.